The van der Waals surface area contributed by atoms with Gasteiger partial charge in [0.15, 0.2) is 6.61 Å². The van der Waals surface area contributed by atoms with Gasteiger partial charge < -0.3 is 14.5 Å². The van der Waals surface area contributed by atoms with Crippen LogP contribution in [0.2, 0.25) is 0 Å². The third kappa shape index (κ3) is 5.49. The minimum Gasteiger partial charge on any atom is -0.483 e. The van der Waals surface area contributed by atoms with Crippen LogP contribution in [0.1, 0.15) is 36.4 Å². The number of nitrogens with zero attached hydrogens (tertiary/aromatic N) is 4. The Hall–Kier alpha value is -4.58. The Morgan fingerprint density at radius 1 is 0.881 bits per heavy atom. The van der Waals surface area contributed by atoms with Gasteiger partial charge in [0.2, 0.25) is 0 Å². The fourth-order valence-corrected chi connectivity index (χ4v) is 6.11. The molecule has 2 unspecified atom stereocenters. The highest BCUT2D eigenvalue weighted by atomic mass is 16.5. The summed E-state index contributed by atoms with van der Waals surface area (Å²) in [4.78, 5) is 18.1. The van der Waals surface area contributed by atoms with E-state index in [2.05, 4.69) is 76.5 Å². The molecule has 6 heteroatoms. The molecule has 2 atom stereocenters. The van der Waals surface area contributed by atoms with E-state index in [9.17, 15) is 4.79 Å². The van der Waals surface area contributed by atoms with Crippen molar-refractivity contribution in [2.75, 3.05) is 44.6 Å². The molecule has 1 heterocycles. The van der Waals surface area contributed by atoms with Gasteiger partial charge in [0.25, 0.3) is 5.91 Å². The highest BCUT2D eigenvalue weighted by molar-refractivity contribution is 6.08. The molecule has 1 aliphatic carbocycles. The lowest BCUT2D eigenvalue weighted by atomic mass is 9.77. The maximum atomic E-state index is 13.9. The topological polar surface area (TPSA) is 48.4 Å². The number of fused-ring (bicyclic) bond motifs is 2. The number of allylic oxidation sites excluding steroid dienone is 1. The van der Waals surface area contributed by atoms with Crippen LogP contribution in [-0.2, 0) is 4.79 Å². The Kier molecular flexibility index (Phi) is 7.70. The van der Waals surface area contributed by atoms with E-state index in [4.69, 9.17) is 9.84 Å². The van der Waals surface area contributed by atoms with Crippen LogP contribution >= 0.6 is 0 Å². The second-order valence-electron chi connectivity index (χ2n) is 11.6. The van der Waals surface area contributed by atoms with Crippen molar-refractivity contribution in [1.29, 1.82) is 0 Å². The molecule has 4 aromatic carbocycles. The molecular weight excluding hydrogens is 520 g/mol. The molecule has 1 fully saturated rings. The zero-order valence-corrected chi connectivity index (χ0v) is 24.8. The SMILES string of the molecule is CN(C)c1ccc(/C=C2\CCCC3C2=NN(C(=O)COc2cccc4ccccc24)C3c2ccc(N(C)C)cc2)cc1. The minimum atomic E-state index is -0.167. The molecule has 4 aromatic rings. The molecule has 1 saturated carbocycles. The molecule has 1 aliphatic heterocycles. The summed E-state index contributed by atoms with van der Waals surface area (Å²) in [5.74, 6) is 0.707. The Morgan fingerprint density at radius 2 is 1.55 bits per heavy atom. The summed E-state index contributed by atoms with van der Waals surface area (Å²) in [5.41, 5.74) is 6.78. The first-order valence-corrected chi connectivity index (χ1v) is 14.7. The van der Waals surface area contributed by atoms with Gasteiger partial charge in [-0.2, -0.15) is 5.10 Å². The molecule has 1 amide bonds. The number of hydrogen-bond acceptors (Lipinski definition) is 5. The van der Waals surface area contributed by atoms with Gasteiger partial charge in [-0.3, -0.25) is 4.79 Å². The maximum Gasteiger partial charge on any atom is 0.281 e. The van der Waals surface area contributed by atoms with E-state index in [1.807, 2.05) is 58.5 Å². The van der Waals surface area contributed by atoms with Gasteiger partial charge in [0.1, 0.15) is 5.75 Å². The normalized spacial score (nSPS) is 19.0. The molecule has 0 saturated heterocycles. The number of carbonyl (C=O) groups excluding carboxylic acids is 1. The molecule has 42 heavy (non-hydrogen) atoms. The average Bonchev–Trinajstić information content (AvgIpc) is 3.41. The van der Waals surface area contributed by atoms with E-state index in [0.717, 1.165) is 52.6 Å². The molecule has 6 rings (SSSR count). The first-order valence-electron chi connectivity index (χ1n) is 14.7. The van der Waals surface area contributed by atoms with Crippen LogP contribution in [0.4, 0.5) is 11.4 Å². The third-order valence-electron chi connectivity index (χ3n) is 8.36. The first kappa shape index (κ1) is 27.6. The van der Waals surface area contributed by atoms with Gasteiger partial charge in [-0.15, -0.1) is 0 Å². The number of benzene rings is 4. The predicted molar refractivity (Wildman–Crippen MR) is 173 cm³/mol. The highest BCUT2D eigenvalue weighted by Crippen LogP contribution is 2.44. The summed E-state index contributed by atoms with van der Waals surface area (Å²) in [6.07, 6.45) is 5.25. The first-order chi connectivity index (χ1) is 20.4. The van der Waals surface area contributed by atoms with Crippen LogP contribution in [0.25, 0.3) is 16.8 Å². The van der Waals surface area contributed by atoms with E-state index < -0.39 is 0 Å². The van der Waals surface area contributed by atoms with Crippen molar-refractivity contribution in [3.8, 4) is 5.75 Å². The summed E-state index contributed by atoms with van der Waals surface area (Å²) in [6, 6.07) is 30.9. The number of anilines is 2. The quantitative estimate of drug-likeness (QED) is 0.241. The van der Waals surface area contributed by atoms with Crippen molar-refractivity contribution in [2.45, 2.75) is 25.3 Å². The van der Waals surface area contributed by atoms with E-state index in [1.54, 1.807) is 5.01 Å². The lowest BCUT2D eigenvalue weighted by molar-refractivity contribution is -0.135. The molecule has 0 N–H and O–H groups in total. The lowest BCUT2D eigenvalue weighted by Gasteiger charge is -2.30. The summed E-state index contributed by atoms with van der Waals surface area (Å²) in [7, 11) is 8.17. The summed E-state index contributed by atoms with van der Waals surface area (Å²) >= 11 is 0. The maximum absolute atomic E-state index is 13.9. The second-order valence-corrected chi connectivity index (χ2v) is 11.6. The zero-order valence-electron chi connectivity index (χ0n) is 24.8. The van der Waals surface area contributed by atoms with Gasteiger partial charge in [-0.1, -0.05) is 60.7 Å². The number of hydrazone groups is 1. The van der Waals surface area contributed by atoms with Crippen molar-refractivity contribution in [2.24, 2.45) is 11.0 Å². The number of rotatable bonds is 7. The average molecular weight is 559 g/mol. The Balaban J connectivity index is 1.32. The van der Waals surface area contributed by atoms with E-state index in [1.165, 1.54) is 11.3 Å². The number of ether oxygens (including phenoxy) is 1. The van der Waals surface area contributed by atoms with Crippen molar-refractivity contribution in [3.63, 3.8) is 0 Å². The molecule has 214 valence electrons. The Morgan fingerprint density at radius 3 is 2.26 bits per heavy atom. The molecule has 2 aliphatic rings. The van der Waals surface area contributed by atoms with Crippen molar-refractivity contribution >= 4 is 39.8 Å². The molecular formula is C36H38N4O2. The third-order valence-corrected chi connectivity index (χ3v) is 8.36. The molecule has 0 radical (unpaired) electrons. The van der Waals surface area contributed by atoms with Gasteiger partial charge in [0, 0.05) is 50.9 Å². The van der Waals surface area contributed by atoms with Crippen LogP contribution in [0.5, 0.6) is 5.75 Å². The van der Waals surface area contributed by atoms with E-state index in [0.29, 0.717) is 5.75 Å². The van der Waals surface area contributed by atoms with E-state index >= 15 is 0 Å². The standard InChI is InChI=1S/C36H38N4O2/c1-38(2)29-19-15-25(16-20-29)23-28-11-7-13-32-35(28)37-40(36(32)27-17-21-30(22-18-27)39(3)4)34(41)24-42-33-14-8-10-26-9-5-6-12-31(26)33/h5-6,8-10,12,14-23,32,36H,7,11,13,24H2,1-4H3/b28-23+. The number of amides is 1. The number of hydrogen-bond donors (Lipinski definition) is 0. The largest absolute Gasteiger partial charge is 0.483 e. The van der Waals surface area contributed by atoms with Crippen LogP contribution in [0, 0.1) is 5.92 Å². The Bertz CT molecular complexity index is 1630. The van der Waals surface area contributed by atoms with Crippen LogP contribution in [0.3, 0.4) is 0 Å². The van der Waals surface area contributed by atoms with Crippen LogP contribution < -0.4 is 14.5 Å². The van der Waals surface area contributed by atoms with Gasteiger partial charge in [-0.05, 0) is 77.8 Å². The lowest BCUT2D eigenvalue weighted by Crippen LogP contribution is -2.34. The van der Waals surface area contributed by atoms with Gasteiger partial charge in [0.05, 0.1) is 11.8 Å². The molecule has 0 aromatic heterocycles. The summed E-state index contributed by atoms with van der Waals surface area (Å²) in [6.45, 7) is -0.0746. The van der Waals surface area contributed by atoms with Crippen molar-refractivity contribution in [1.82, 2.24) is 5.01 Å². The highest BCUT2D eigenvalue weighted by Gasteiger charge is 2.43. The molecule has 6 nitrogen and oxygen atoms in total. The predicted octanol–water partition coefficient (Wildman–Crippen LogP) is 7.17. The van der Waals surface area contributed by atoms with Crippen LogP contribution in [-0.4, -0.2) is 51.4 Å². The van der Waals surface area contributed by atoms with E-state index in [-0.39, 0.29) is 24.5 Å². The fourth-order valence-electron chi connectivity index (χ4n) is 6.11. The fraction of sp³-hybridized carbons (Fsp3) is 0.278. The summed E-state index contributed by atoms with van der Waals surface area (Å²) in [5, 5.41) is 8.84. The smallest absolute Gasteiger partial charge is 0.281 e. The zero-order chi connectivity index (χ0) is 29.2. The molecule has 0 bridgehead atoms. The monoisotopic (exact) mass is 558 g/mol. The van der Waals surface area contributed by atoms with Gasteiger partial charge in [-0.25, -0.2) is 5.01 Å². The molecule has 0 spiro atoms. The number of carbonyl (C=O) groups is 1. The minimum absolute atomic E-state index is 0.0746. The second kappa shape index (κ2) is 11.7. The van der Waals surface area contributed by atoms with Gasteiger partial charge >= 0.3 is 0 Å². The summed E-state index contributed by atoms with van der Waals surface area (Å²) < 4.78 is 6.15. The van der Waals surface area contributed by atoms with Crippen molar-refractivity contribution < 1.29 is 9.53 Å². The Labute approximate surface area is 248 Å². The van der Waals surface area contributed by atoms with Crippen molar-refractivity contribution in [3.05, 3.63) is 108 Å². The van der Waals surface area contributed by atoms with Crippen LogP contribution in [0.15, 0.2) is 102 Å².